The lowest BCUT2D eigenvalue weighted by Crippen LogP contribution is -2.23. The van der Waals surface area contributed by atoms with E-state index in [4.69, 9.17) is 5.11 Å². The molecule has 2 N–H and O–H groups in total. The molecule has 0 aliphatic heterocycles. The Balaban J connectivity index is 2.12. The van der Waals surface area contributed by atoms with Crippen LogP contribution in [0.3, 0.4) is 0 Å². The van der Waals surface area contributed by atoms with Crippen molar-refractivity contribution < 1.29 is 5.11 Å². The van der Waals surface area contributed by atoms with E-state index in [1.165, 1.54) is 11.1 Å². The minimum atomic E-state index is 0.120. The highest BCUT2D eigenvalue weighted by molar-refractivity contribution is 5.25. The first-order valence-electron chi connectivity index (χ1n) is 8.45. The van der Waals surface area contributed by atoms with Crippen LogP contribution >= 0.6 is 0 Å². The Kier molecular flexibility index (Phi) is 6.37. The predicted octanol–water partition coefficient (Wildman–Crippen LogP) is 3.37. The Morgan fingerprint density at radius 3 is 2.48 bits per heavy atom. The van der Waals surface area contributed by atoms with E-state index >= 15 is 0 Å². The Morgan fingerprint density at radius 1 is 1.17 bits per heavy atom. The number of aryl methyl sites for hydroxylation is 1. The van der Waals surface area contributed by atoms with Gasteiger partial charge in [-0.1, -0.05) is 44.2 Å². The van der Waals surface area contributed by atoms with Crippen LogP contribution in [0.1, 0.15) is 48.8 Å². The Hall–Kier alpha value is -1.65. The Labute approximate surface area is 139 Å². The molecule has 1 unspecified atom stereocenters. The summed E-state index contributed by atoms with van der Waals surface area (Å²) in [7, 11) is 0. The summed E-state index contributed by atoms with van der Waals surface area (Å²) in [5.74, 6) is 0.631. The lowest BCUT2D eigenvalue weighted by atomic mass is 9.96. The fraction of sp³-hybridized carbons (Fsp3) is 0.526. The zero-order valence-electron chi connectivity index (χ0n) is 14.7. The molecule has 0 saturated heterocycles. The summed E-state index contributed by atoms with van der Waals surface area (Å²) in [5, 5.41) is 17.4. The number of nitrogens with one attached hydrogen (secondary N) is 1. The van der Waals surface area contributed by atoms with Gasteiger partial charge in [0.15, 0.2) is 0 Å². The van der Waals surface area contributed by atoms with E-state index in [9.17, 15) is 0 Å². The SMILES string of the molecule is Cc1nn(CCO)c(C)c1CNC(CC(C)C)c1ccccc1. The van der Waals surface area contributed by atoms with Gasteiger partial charge in [0.05, 0.1) is 18.8 Å². The molecule has 0 radical (unpaired) electrons. The zero-order valence-corrected chi connectivity index (χ0v) is 14.7. The molecule has 1 aromatic carbocycles. The molecule has 0 fully saturated rings. The normalized spacial score (nSPS) is 12.8. The van der Waals surface area contributed by atoms with Gasteiger partial charge in [0.2, 0.25) is 0 Å². The van der Waals surface area contributed by atoms with Gasteiger partial charge in [-0.2, -0.15) is 5.10 Å². The second-order valence-corrected chi connectivity index (χ2v) is 6.57. The van der Waals surface area contributed by atoms with Gasteiger partial charge in [0, 0.05) is 23.8 Å². The summed E-state index contributed by atoms with van der Waals surface area (Å²) in [6.07, 6.45) is 1.10. The second-order valence-electron chi connectivity index (χ2n) is 6.57. The summed E-state index contributed by atoms with van der Waals surface area (Å²) in [6.45, 7) is 10.1. The van der Waals surface area contributed by atoms with Gasteiger partial charge in [0.1, 0.15) is 0 Å². The van der Waals surface area contributed by atoms with Crippen molar-refractivity contribution >= 4 is 0 Å². The molecule has 4 nitrogen and oxygen atoms in total. The molecular weight excluding hydrogens is 286 g/mol. The number of rotatable bonds is 8. The van der Waals surface area contributed by atoms with Crippen molar-refractivity contribution in [1.29, 1.82) is 0 Å². The average Bonchev–Trinajstić information content (AvgIpc) is 2.79. The average molecular weight is 315 g/mol. The predicted molar refractivity (Wildman–Crippen MR) is 94.3 cm³/mol. The highest BCUT2D eigenvalue weighted by atomic mass is 16.3. The number of aliphatic hydroxyl groups is 1. The van der Waals surface area contributed by atoms with Gasteiger partial charge in [-0.15, -0.1) is 0 Å². The van der Waals surface area contributed by atoms with Gasteiger partial charge in [-0.05, 0) is 31.7 Å². The number of nitrogens with zero attached hydrogens (tertiary/aromatic N) is 2. The highest BCUT2D eigenvalue weighted by Crippen LogP contribution is 2.22. The molecule has 1 atom stereocenters. The summed E-state index contributed by atoms with van der Waals surface area (Å²) in [5.41, 5.74) is 4.75. The third-order valence-electron chi connectivity index (χ3n) is 4.28. The second kappa shape index (κ2) is 8.27. The van der Waals surface area contributed by atoms with Gasteiger partial charge in [-0.3, -0.25) is 4.68 Å². The molecule has 4 heteroatoms. The van der Waals surface area contributed by atoms with Gasteiger partial charge >= 0.3 is 0 Å². The number of hydrogen-bond acceptors (Lipinski definition) is 3. The molecule has 0 aliphatic carbocycles. The van der Waals surface area contributed by atoms with Crippen molar-refractivity contribution in [2.24, 2.45) is 5.92 Å². The number of hydrogen-bond donors (Lipinski definition) is 2. The van der Waals surface area contributed by atoms with Crippen molar-refractivity contribution in [3.8, 4) is 0 Å². The van der Waals surface area contributed by atoms with Crippen LogP contribution in [0.5, 0.6) is 0 Å². The van der Waals surface area contributed by atoms with Gasteiger partial charge < -0.3 is 10.4 Å². The first-order chi connectivity index (χ1) is 11.0. The fourth-order valence-electron chi connectivity index (χ4n) is 3.02. The van der Waals surface area contributed by atoms with Crippen LogP contribution in [-0.2, 0) is 13.1 Å². The summed E-state index contributed by atoms with van der Waals surface area (Å²) in [4.78, 5) is 0. The minimum absolute atomic E-state index is 0.120. The van der Waals surface area contributed by atoms with Crippen LogP contribution in [0.2, 0.25) is 0 Å². The van der Waals surface area contributed by atoms with Crippen molar-refractivity contribution in [1.82, 2.24) is 15.1 Å². The summed E-state index contributed by atoms with van der Waals surface area (Å²) < 4.78 is 1.90. The molecule has 1 aromatic heterocycles. The van der Waals surface area contributed by atoms with E-state index in [-0.39, 0.29) is 6.61 Å². The first-order valence-corrected chi connectivity index (χ1v) is 8.45. The van der Waals surface area contributed by atoms with Crippen LogP contribution in [0.15, 0.2) is 30.3 Å². The number of benzene rings is 1. The molecule has 23 heavy (non-hydrogen) atoms. The van der Waals surface area contributed by atoms with E-state index in [2.05, 4.69) is 61.5 Å². The maximum Gasteiger partial charge on any atom is 0.0644 e. The lowest BCUT2D eigenvalue weighted by molar-refractivity contribution is 0.267. The quantitative estimate of drug-likeness (QED) is 0.785. The summed E-state index contributed by atoms with van der Waals surface area (Å²) in [6, 6.07) is 11.0. The topological polar surface area (TPSA) is 50.1 Å². The fourth-order valence-corrected chi connectivity index (χ4v) is 3.02. The molecule has 0 bridgehead atoms. The molecule has 1 heterocycles. The maximum atomic E-state index is 9.13. The standard InChI is InChI=1S/C19H29N3O/c1-14(2)12-19(17-8-6-5-7-9-17)20-13-18-15(3)21-22(10-11-23)16(18)4/h5-9,14,19-20,23H,10-13H2,1-4H3. The van der Waals surface area contributed by atoms with Crippen LogP contribution in [-0.4, -0.2) is 21.5 Å². The van der Waals surface area contributed by atoms with Crippen LogP contribution < -0.4 is 5.32 Å². The molecule has 0 amide bonds. The molecule has 0 aliphatic rings. The molecule has 126 valence electrons. The molecular formula is C19H29N3O. The van der Waals surface area contributed by atoms with Crippen LogP contribution in [0.25, 0.3) is 0 Å². The lowest BCUT2D eigenvalue weighted by Gasteiger charge is -2.21. The highest BCUT2D eigenvalue weighted by Gasteiger charge is 2.16. The first kappa shape index (κ1) is 17.7. The van der Waals surface area contributed by atoms with E-state index in [0.717, 1.165) is 24.4 Å². The third-order valence-corrected chi connectivity index (χ3v) is 4.28. The van der Waals surface area contributed by atoms with Crippen molar-refractivity contribution in [2.75, 3.05) is 6.61 Å². The Morgan fingerprint density at radius 2 is 1.87 bits per heavy atom. The van der Waals surface area contributed by atoms with E-state index in [1.54, 1.807) is 0 Å². The molecule has 0 spiro atoms. The van der Waals surface area contributed by atoms with E-state index in [0.29, 0.717) is 18.5 Å². The van der Waals surface area contributed by atoms with Crippen molar-refractivity contribution in [3.63, 3.8) is 0 Å². The summed E-state index contributed by atoms with van der Waals surface area (Å²) >= 11 is 0. The smallest absolute Gasteiger partial charge is 0.0644 e. The van der Waals surface area contributed by atoms with E-state index < -0.39 is 0 Å². The van der Waals surface area contributed by atoms with Crippen molar-refractivity contribution in [3.05, 3.63) is 52.8 Å². The largest absolute Gasteiger partial charge is 0.394 e. The van der Waals surface area contributed by atoms with E-state index in [1.807, 2.05) is 11.6 Å². The number of aromatic nitrogens is 2. The Bertz CT molecular complexity index is 605. The zero-order chi connectivity index (χ0) is 16.8. The van der Waals surface area contributed by atoms with Gasteiger partial charge in [0.25, 0.3) is 0 Å². The maximum absolute atomic E-state index is 9.13. The minimum Gasteiger partial charge on any atom is -0.394 e. The third kappa shape index (κ3) is 4.66. The number of aliphatic hydroxyl groups excluding tert-OH is 1. The van der Waals surface area contributed by atoms with Crippen molar-refractivity contribution in [2.45, 2.75) is 53.2 Å². The van der Waals surface area contributed by atoms with Crippen LogP contribution in [0, 0.1) is 19.8 Å². The molecule has 2 aromatic rings. The molecule has 0 saturated carbocycles. The van der Waals surface area contributed by atoms with Gasteiger partial charge in [-0.25, -0.2) is 0 Å². The van der Waals surface area contributed by atoms with Crippen LogP contribution in [0.4, 0.5) is 0 Å². The molecule has 2 rings (SSSR count). The monoisotopic (exact) mass is 315 g/mol.